The van der Waals surface area contributed by atoms with Gasteiger partial charge in [0.1, 0.15) is 5.76 Å². The van der Waals surface area contributed by atoms with Crippen molar-refractivity contribution in [3.05, 3.63) is 17.8 Å². The van der Waals surface area contributed by atoms with Crippen LogP contribution in [-0.2, 0) is 6.42 Å². The van der Waals surface area contributed by atoms with Gasteiger partial charge in [-0.1, -0.05) is 6.92 Å². The quantitative estimate of drug-likeness (QED) is 0.800. The molecular formula is C11H17N3O2. The molecule has 1 atom stereocenters. The number of hydrogen-bond acceptors (Lipinski definition) is 4. The van der Waals surface area contributed by atoms with E-state index in [9.17, 15) is 4.79 Å². The Balaban J connectivity index is 2.17. The molecule has 1 N–H and O–H groups in total. The fraction of sp³-hybridized carbons (Fsp3) is 0.636. The van der Waals surface area contributed by atoms with Gasteiger partial charge in [-0.05, 0) is 6.92 Å². The standard InChI is InChI=1S/C11H17N3O2/c1-3-9-10(13-7-16-9)11(15)14-5-4-12-6-8(14)2/h7-8,12H,3-6H2,1-2H3/t8-/m0/s1. The fourth-order valence-corrected chi connectivity index (χ4v) is 1.97. The van der Waals surface area contributed by atoms with Crippen molar-refractivity contribution in [1.82, 2.24) is 15.2 Å². The smallest absolute Gasteiger partial charge is 0.276 e. The number of aryl methyl sites for hydroxylation is 1. The maximum absolute atomic E-state index is 12.2. The molecule has 0 bridgehead atoms. The largest absolute Gasteiger partial charge is 0.448 e. The average Bonchev–Trinajstić information content (AvgIpc) is 2.77. The summed E-state index contributed by atoms with van der Waals surface area (Å²) in [5.74, 6) is 0.662. The SMILES string of the molecule is CCc1ocnc1C(=O)N1CCNC[C@@H]1C. The number of aromatic nitrogens is 1. The predicted octanol–water partition coefficient (Wildman–Crippen LogP) is 0.671. The Kier molecular flexibility index (Phi) is 3.24. The summed E-state index contributed by atoms with van der Waals surface area (Å²) < 4.78 is 5.19. The number of hydrogen-bond donors (Lipinski definition) is 1. The van der Waals surface area contributed by atoms with Gasteiger partial charge in [-0.15, -0.1) is 0 Å². The van der Waals surface area contributed by atoms with Crippen molar-refractivity contribution < 1.29 is 9.21 Å². The van der Waals surface area contributed by atoms with Crippen LogP contribution in [0.1, 0.15) is 30.1 Å². The molecule has 0 aromatic carbocycles. The molecule has 88 valence electrons. The van der Waals surface area contributed by atoms with Gasteiger partial charge in [-0.25, -0.2) is 4.98 Å². The molecule has 1 saturated heterocycles. The van der Waals surface area contributed by atoms with Crippen LogP contribution >= 0.6 is 0 Å². The average molecular weight is 223 g/mol. The number of oxazole rings is 1. The lowest BCUT2D eigenvalue weighted by molar-refractivity contribution is 0.0648. The van der Waals surface area contributed by atoms with E-state index >= 15 is 0 Å². The van der Waals surface area contributed by atoms with Gasteiger partial charge in [0.15, 0.2) is 12.1 Å². The van der Waals surface area contributed by atoms with Gasteiger partial charge in [0.05, 0.1) is 0 Å². The van der Waals surface area contributed by atoms with Crippen LogP contribution in [0.4, 0.5) is 0 Å². The molecule has 2 rings (SSSR count). The summed E-state index contributed by atoms with van der Waals surface area (Å²) in [6, 6.07) is 0.211. The van der Waals surface area contributed by atoms with Crippen molar-refractivity contribution in [3.8, 4) is 0 Å². The van der Waals surface area contributed by atoms with E-state index in [4.69, 9.17) is 4.42 Å². The molecule has 0 radical (unpaired) electrons. The van der Waals surface area contributed by atoms with Crippen LogP contribution in [0.15, 0.2) is 10.8 Å². The molecular weight excluding hydrogens is 206 g/mol. The second kappa shape index (κ2) is 4.65. The van der Waals surface area contributed by atoms with E-state index in [1.54, 1.807) is 0 Å². The lowest BCUT2D eigenvalue weighted by Gasteiger charge is -2.33. The fourth-order valence-electron chi connectivity index (χ4n) is 1.97. The lowest BCUT2D eigenvalue weighted by atomic mass is 10.2. The van der Waals surface area contributed by atoms with Crippen LogP contribution in [0.3, 0.4) is 0 Å². The summed E-state index contributed by atoms with van der Waals surface area (Å²) >= 11 is 0. The topological polar surface area (TPSA) is 58.4 Å². The third-order valence-corrected chi connectivity index (χ3v) is 2.93. The first-order chi connectivity index (χ1) is 7.74. The van der Waals surface area contributed by atoms with Gasteiger partial charge in [0.25, 0.3) is 5.91 Å². The summed E-state index contributed by atoms with van der Waals surface area (Å²) in [7, 11) is 0. The first kappa shape index (κ1) is 11.1. The number of carbonyl (C=O) groups is 1. The van der Waals surface area contributed by atoms with Crippen molar-refractivity contribution in [2.75, 3.05) is 19.6 Å². The summed E-state index contributed by atoms with van der Waals surface area (Å²) in [6.45, 7) is 6.41. The van der Waals surface area contributed by atoms with Crippen molar-refractivity contribution in [3.63, 3.8) is 0 Å². The first-order valence-electron chi connectivity index (χ1n) is 5.68. The molecule has 0 aliphatic carbocycles. The Labute approximate surface area is 94.8 Å². The minimum Gasteiger partial charge on any atom is -0.448 e. The van der Waals surface area contributed by atoms with E-state index in [1.807, 2.05) is 18.7 Å². The Morgan fingerprint density at radius 2 is 2.56 bits per heavy atom. The highest BCUT2D eigenvalue weighted by Crippen LogP contribution is 2.13. The third-order valence-electron chi connectivity index (χ3n) is 2.93. The van der Waals surface area contributed by atoms with Gasteiger partial charge in [0, 0.05) is 32.1 Å². The number of rotatable bonds is 2. The van der Waals surface area contributed by atoms with Gasteiger partial charge in [-0.2, -0.15) is 0 Å². The Morgan fingerprint density at radius 3 is 3.25 bits per heavy atom. The molecule has 1 aromatic rings. The van der Waals surface area contributed by atoms with Crippen molar-refractivity contribution in [2.45, 2.75) is 26.3 Å². The van der Waals surface area contributed by atoms with E-state index in [0.29, 0.717) is 17.9 Å². The normalized spacial score (nSPS) is 21.1. The summed E-state index contributed by atoms with van der Waals surface area (Å²) in [5.41, 5.74) is 0.469. The number of piperazine rings is 1. The van der Waals surface area contributed by atoms with Crippen LogP contribution in [-0.4, -0.2) is 41.5 Å². The Morgan fingerprint density at radius 1 is 1.75 bits per heavy atom. The third kappa shape index (κ3) is 1.95. The van der Waals surface area contributed by atoms with E-state index in [1.165, 1.54) is 6.39 Å². The number of nitrogens with one attached hydrogen (secondary N) is 1. The zero-order valence-electron chi connectivity index (χ0n) is 9.69. The van der Waals surface area contributed by atoms with E-state index < -0.39 is 0 Å². The maximum atomic E-state index is 12.2. The first-order valence-corrected chi connectivity index (χ1v) is 5.68. The van der Waals surface area contributed by atoms with Crippen molar-refractivity contribution in [2.24, 2.45) is 0 Å². The molecule has 1 aliphatic heterocycles. The second-order valence-corrected chi connectivity index (χ2v) is 4.03. The van der Waals surface area contributed by atoms with Crippen molar-refractivity contribution >= 4 is 5.91 Å². The van der Waals surface area contributed by atoms with Crippen LogP contribution in [0, 0.1) is 0 Å². The van der Waals surface area contributed by atoms with Crippen LogP contribution in [0.2, 0.25) is 0 Å². The highest BCUT2D eigenvalue weighted by atomic mass is 16.3. The summed E-state index contributed by atoms with van der Waals surface area (Å²) in [4.78, 5) is 18.1. The number of nitrogens with zero attached hydrogens (tertiary/aromatic N) is 2. The Bertz CT molecular complexity index is 375. The van der Waals surface area contributed by atoms with Gasteiger partial charge < -0.3 is 14.6 Å². The molecule has 2 heterocycles. The second-order valence-electron chi connectivity index (χ2n) is 4.03. The summed E-state index contributed by atoms with van der Waals surface area (Å²) in [5, 5.41) is 3.26. The Hall–Kier alpha value is -1.36. The molecule has 0 spiro atoms. The van der Waals surface area contributed by atoms with Crippen LogP contribution in [0.5, 0.6) is 0 Å². The zero-order chi connectivity index (χ0) is 11.5. The molecule has 1 aromatic heterocycles. The predicted molar refractivity (Wildman–Crippen MR) is 59.2 cm³/mol. The van der Waals surface area contributed by atoms with Gasteiger partial charge in [-0.3, -0.25) is 4.79 Å². The van der Waals surface area contributed by atoms with E-state index in [0.717, 1.165) is 19.6 Å². The van der Waals surface area contributed by atoms with E-state index in [-0.39, 0.29) is 11.9 Å². The van der Waals surface area contributed by atoms with E-state index in [2.05, 4.69) is 10.3 Å². The number of amides is 1. The molecule has 1 amide bonds. The minimum atomic E-state index is -0.0143. The lowest BCUT2D eigenvalue weighted by Crippen LogP contribution is -2.52. The molecule has 5 nitrogen and oxygen atoms in total. The van der Waals surface area contributed by atoms with Gasteiger partial charge >= 0.3 is 0 Å². The molecule has 1 fully saturated rings. The van der Waals surface area contributed by atoms with Crippen LogP contribution in [0.25, 0.3) is 0 Å². The molecule has 5 heteroatoms. The van der Waals surface area contributed by atoms with Crippen molar-refractivity contribution in [1.29, 1.82) is 0 Å². The highest BCUT2D eigenvalue weighted by molar-refractivity contribution is 5.93. The van der Waals surface area contributed by atoms with Gasteiger partial charge in [0.2, 0.25) is 0 Å². The minimum absolute atomic E-state index is 0.0143. The monoisotopic (exact) mass is 223 g/mol. The van der Waals surface area contributed by atoms with Crippen LogP contribution < -0.4 is 5.32 Å². The highest BCUT2D eigenvalue weighted by Gasteiger charge is 2.27. The number of carbonyl (C=O) groups excluding carboxylic acids is 1. The molecule has 0 saturated carbocycles. The maximum Gasteiger partial charge on any atom is 0.276 e. The molecule has 1 aliphatic rings. The zero-order valence-corrected chi connectivity index (χ0v) is 9.69. The molecule has 16 heavy (non-hydrogen) atoms. The molecule has 0 unspecified atom stereocenters. The summed E-state index contributed by atoms with van der Waals surface area (Å²) in [6.07, 6.45) is 2.04.